The normalized spacial score (nSPS) is 24.6. The fourth-order valence-electron chi connectivity index (χ4n) is 3.80. The Morgan fingerprint density at radius 2 is 2.17 bits per heavy atom. The smallest absolute Gasteiger partial charge is 0.220 e. The van der Waals surface area contributed by atoms with Gasteiger partial charge in [-0.2, -0.15) is 0 Å². The van der Waals surface area contributed by atoms with Crippen LogP contribution < -0.4 is 5.32 Å². The summed E-state index contributed by atoms with van der Waals surface area (Å²) in [6, 6.07) is 0. The first-order valence-corrected chi connectivity index (χ1v) is 9.38. The Balaban J connectivity index is 1.30. The molecule has 1 unspecified atom stereocenters. The summed E-state index contributed by atoms with van der Waals surface area (Å²) in [6.07, 6.45) is 7.25. The summed E-state index contributed by atoms with van der Waals surface area (Å²) < 4.78 is 7.81. The van der Waals surface area contributed by atoms with Gasteiger partial charge in [0.2, 0.25) is 5.91 Å². The van der Waals surface area contributed by atoms with Crippen molar-refractivity contribution in [1.29, 1.82) is 0 Å². The van der Waals surface area contributed by atoms with Crippen molar-refractivity contribution in [2.45, 2.75) is 45.2 Å². The minimum atomic E-state index is 0.185. The first-order valence-electron chi connectivity index (χ1n) is 9.38. The number of nitrogens with one attached hydrogen (secondary N) is 1. The standard InChI is InChI=1S/C18H28N4O2/c23-18(9-14-1-2-14)20-11-16-10-19-17-3-5-21(6-7-22(16)17)12-15-4-8-24-13-15/h10,14-15H,1-9,11-13H2,(H,20,23). The van der Waals surface area contributed by atoms with Crippen LogP contribution in [0.4, 0.5) is 0 Å². The van der Waals surface area contributed by atoms with Crippen LogP contribution in [0.15, 0.2) is 6.20 Å². The number of rotatable bonds is 6. The largest absolute Gasteiger partial charge is 0.381 e. The van der Waals surface area contributed by atoms with Gasteiger partial charge in [-0.3, -0.25) is 4.79 Å². The van der Waals surface area contributed by atoms with E-state index in [-0.39, 0.29) is 5.91 Å². The van der Waals surface area contributed by atoms with Crippen LogP contribution in [0.1, 0.15) is 37.2 Å². The van der Waals surface area contributed by atoms with E-state index in [2.05, 4.69) is 19.8 Å². The van der Waals surface area contributed by atoms with Gasteiger partial charge >= 0.3 is 0 Å². The molecule has 0 radical (unpaired) electrons. The van der Waals surface area contributed by atoms with Crippen LogP contribution in [0.5, 0.6) is 0 Å². The van der Waals surface area contributed by atoms with Crippen molar-refractivity contribution in [3.05, 3.63) is 17.7 Å². The molecule has 0 aromatic carbocycles. The molecule has 1 saturated heterocycles. The number of hydrogen-bond acceptors (Lipinski definition) is 4. The Bertz CT molecular complexity index is 576. The third kappa shape index (κ3) is 3.98. The predicted octanol–water partition coefficient (Wildman–Crippen LogP) is 1.19. The van der Waals surface area contributed by atoms with Crippen molar-refractivity contribution < 1.29 is 9.53 Å². The Morgan fingerprint density at radius 1 is 1.25 bits per heavy atom. The molecule has 0 bridgehead atoms. The van der Waals surface area contributed by atoms with E-state index < -0.39 is 0 Å². The van der Waals surface area contributed by atoms with Crippen molar-refractivity contribution in [2.24, 2.45) is 11.8 Å². The van der Waals surface area contributed by atoms with Crippen LogP contribution in [0.2, 0.25) is 0 Å². The number of aromatic nitrogens is 2. The Morgan fingerprint density at radius 3 is 2.96 bits per heavy atom. The van der Waals surface area contributed by atoms with Crippen molar-refractivity contribution in [3.63, 3.8) is 0 Å². The second-order valence-corrected chi connectivity index (χ2v) is 7.52. The Hall–Kier alpha value is -1.40. The van der Waals surface area contributed by atoms with Crippen molar-refractivity contribution >= 4 is 5.91 Å². The summed E-state index contributed by atoms with van der Waals surface area (Å²) in [6.45, 7) is 6.68. The molecule has 3 aliphatic rings. The summed E-state index contributed by atoms with van der Waals surface area (Å²) in [7, 11) is 0. The lowest BCUT2D eigenvalue weighted by Gasteiger charge is -2.22. The Kier molecular flexibility index (Phi) is 4.85. The van der Waals surface area contributed by atoms with Crippen LogP contribution >= 0.6 is 0 Å². The van der Waals surface area contributed by atoms with Crippen molar-refractivity contribution in [1.82, 2.24) is 19.8 Å². The second-order valence-electron chi connectivity index (χ2n) is 7.52. The van der Waals surface area contributed by atoms with Gasteiger partial charge in [0.05, 0.1) is 25.0 Å². The number of amides is 1. The Labute approximate surface area is 143 Å². The van der Waals surface area contributed by atoms with Gasteiger partial charge in [-0.1, -0.05) is 0 Å². The fourth-order valence-corrected chi connectivity index (χ4v) is 3.80. The van der Waals surface area contributed by atoms with E-state index in [1.54, 1.807) is 0 Å². The highest BCUT2D eigenvalue weighted by Crippen LogP contribution is 2.32. The van der Waals surface area contributed by atoms with Crippen LogP contribution in [-0.4, -0.2) is 53.2 Å². The molecule has 24 heavy (non-hydrogen) atoms. The average Bonchev–Trinajstić information content (AvgIpc) is 3.15. The summed E-state index contributed by atoms with van der Waals surface area (Å²) in [5.41, 5.74) is 1.14. The van der Waals surface area contributed by atoms with E-state index in [9.17, 15) is 4.79 Å². The third-order valence-corrected chi connectivity index (χ3v) is 5.49. The van der Waals surface area contributed by atoms with Crippen LogP contribution in [-0.2, 0) is 29.0 Å². The maximum atomic E-state index is 11.9. The van der Waals surface area contributed by atoms with Gasteiger partial charge in [0.15, 0.2) is 0 Å². The third-order valence-electron chi connectivity index (χ3n) is 5.49. The van der Waals surface area contributed by atoms with Gasteiger partial charge in [0, 0.05) is 45.6 Å². The SMILES string of the molecule is O=C(CC1CC1)NCc1cnc2n1CCN(CC1CCOC1)CC2. The highest BCUT2D eigenvalue weighted by molar-refractivity contribution is 5.76. The molecule has 1 aromatic heterocycles. The maximum Gasteiger partial charge on any atom is 0.220 e. The molecular weight excluding hydrogens is 304 g/mol. The van der Waals surface area contributed by atoms with E-state index in [4.69, 9.17) is 4.74 Å². The topological polar surface area (TPSA) is 59.4 Å². The van der Waals surface area contributed by atoms with E-state index >= 15 is 0 Å². The molecule has 0 spiro atoms. The number of ether oxygens (including phenoxy) is 1. The number of carbonyl (C=O) groups excluding carboxylic acids is 1. The molecule has 132 valence electrons. The van der Waals surface area contributed by atoms with E-state index in [0.29, 0.717) is 24.8 Å². The first kappa shape index (κ1) is 16.1. The highest BCUT2D eigenvalue weighted by Gasteiger charge is 2.25. The van der Waals surface area contributed by atoms with Crippen LogP contribution in [0.3, 0.4) is 0 Å². The fraction of sp³-hybridized carbons (Fsp3) is 0.778. The number of carbonyl (C=O) groups is 1. The molecule has 6 nitrogen and oxygen atoms in total. The first-order chi connectivity index (χ1) is 11.8. The molecule has 1 aliphatic carbocycles. The van der Waals surface area contributed by atoms with E-state index in [1.165, 1.54) is 19.3 Å². The molecule has 1 N–H and O–H groups in total. The zero-order valence-electron chi connectivity index (χ0n) is 14.4. The quantitative estimate of drug-likeness (QED) is 0.850. The van der Waals surface area contributed by atoms with Gasteiger partial charge in [-0.25, -0.2) is 4.98 Å². The number of hydrogen-bond donors (Lipinski definition) is 1. The molecule has 1 aromatic rings. The second kappa shape index (κ2) is 7.23. The summed E-state index contributed by atoms with van der Waals surface area (Å²) >= 11 is 0. The van der Waals surface area contributed by atoms with Crippen molar-refractivity contribution in [3.8, 4) is 0 Å². The van der Waals surface area contributed by atoms with Crippen LogP contribution in [0.25, 0.3) is 0 Å². The molecule has 1 atom stereocenters. The average molecular weight is 332 g/mol. The molecular formula is C18H28N4O2. The zero-order valence-corrected chi connectivity index (χ0v) is 14.4. The number of nitrogens with zero attached hydrogens (tertiary/aromatic N) is 3. The van der Waals surface area contributed by atoms with Gasteiger partial charge in [0.1, 0.15) is 5.82 Å². The molecule has 2 aliphatic heterocycles. The molecule has 1 saturated carbocycles. The number of imidazole rings is 1. The van der Waals surface area contributed by atoms with E-state index in [1.807, 2.05) is 6.20 Å². The highest BCUT2D eigenvalue weighted by atomic mass is 16.5. The zero-order chi connectivity index (χ0) is 16.4. The molecule has 1 amide bonds. The lowest BCUT2D eigenvalue weighted by molar-refractivity contribution is -0.121. The van der Waals surface area contributed by atoms with Gasteiger partial charge in [-0.15, -0.1) is 0 Å². The summed E-state index contributed by atoms with van der Waals surface area (Å²) in [5.74, 6) is 2.67. The lowest BCUT2D eigenvalue weighted by atomic mass is 10.1. The maximum absolute atomic E-state index is 11.9. The lowest BCUT2D eigenvalue weighted by Crippen LogP contribution is -2.32. The van der Waals surface area contributed by atoms with Gasteiger partial charge in [0.25, 0.3) is 0 Å². The number of fused-ring (bicyclic) bond motifs is 1. The van der Waals surface area contributed by atoms with Crippen LogP contribution in [0, 0.1) is 11.8 Å². The van der Waals surface area contributed by atoms with E-state index in [0.717, 1.165) is 57.3 Å². The molecule has 4 rings (SSSR count). The van der Waals surface area contributed by atoms with Gasteiger partial charge < -0.3 is 19.5 Å². The van der Waals surface area contributed by atoms with Gasteiger partial charge in [-0.05, 0) is 31.1 Å². The minimum absolute atomic E-state index is 0.185. The molecule has 2 fully saturated rings. The summed E-state index contributed by atoms with van der Waals surface area (Å²) in [5, 5.41) is 3.07. The summed E-state index contributed by atoms with van der Waals surface area (Å²) in [4.78, 5) is 19.0. The van der Waals surface area contributed by atoms with Crippen molar-refractivity contribution in [2.75, 3.05) is 32.8 Å². The predicted molar refractivity (Wildman–Crippen MR) is 90.5 cm³/mol. The molecule has 3 heterocycles. The minimum Gasteiger partial charge on any atom is -0.381 e. The monoisotopic (exact) mass is 332 g/mol. The molecule has 6 heteroatoms.